The maximum atomic E-state index is 6.13. The molecule has 0 aliphatic heterocycles. The Morgan fingerprint density at radius 2 is 1.79 bits per heavy atom. The van der Waals surface area contributed by atoms with Gasteiger partial charge in [0.1, 0.15) is 6.61 Å². The van der Waals surface area contributed by atoms with E-state index in [-0.39, 0.29) is 0 Å². The third kappa shape index (κ3) is 7.14. The lowest BCUT2D eigenvalue weighted by atomic mass is 10.1. The summed E-state index contributed by atoms with van der Waals surface area (Å²) in [6.07, 6.45) is 6.33. The van der Waals surface area contributed by atoms with Crippen molar-refractivity contribution in [2.45, 2.75) is 52.2 Å². The summed E-state index contributed by atoms with van der Waals surface area (Å²) in [4.78, 5) is 0. The minimum Gasteiger partial charge on any atom is -0.493 e. The third-order valence-electron chi connectivity index (χ3n) is 4.51. The van der Waals surface area contributed by atoms with Crippen LogP contribution >= 0.6 is 39.1 Å². The monoisotopic (exact) mass is 487 g/mol. The predicted octanol–water partition coefficient (Wildman–Crippen LogP) is 7.40. The van der Waals surface area contributed by atoms with E-state index in [2.05, 4.69) is 28.2 Å². The van der Waals surface area contributed by atoms with E-state index in [1.165, 1.54) is 32.1 Å². The van der Waals surface area contributed by atoms with Gasteiger partial charge in [0, 0.05) is 16.6 Å². The van der Waals surface area contributed by atoms with Crippen LogP contribution in [0.25, 0.3) is 0 Å². The summed E-state index contributed by atoms with van der Waals surface area (Å²) in [7, 11) is 1.65. The quantitative estimate of drug-likeness (QED) is 0.315. The van der Waals surface area contributed by atoms with E-state index in [1.807, 2.05) is 24.3 Å². The molecule has 0 bridgehead atoms. The van der Waals surface area contributed by atoms with Crippen molar-refractivity contribution in [3.63, 3.8) is 0 Å². The minimum atomic E-state index is 0.383. The van der Waals surface area contributed by atoms with Gasteiger partial charge in [-0.2, -0.15) is 0 Å². The average molecular weight is 489 g/mol. The van der Waals surface area contributed by atoms with Crippen LogP contribution < -0.4 is 14.8 Å². The first-order chi connectivity index (χ1) is 13.6. The number of nitrogens with one attached hydrogen (secondary N) is 1. The van der Waals surface area contributed by atoms with Crippen LogP contribution in [0, 0.1) is 0 Å². The van der Waals surface area contributed by atoms with Crippen molar-refractivity contribution in [1.29, 1.82) is 0 Å². The fourth-order valence-corrected chi connectivity index (χ4v) is 3.69. The topological polar surface area (TPSA) is 30.5 Å². The predicted molar refractivity (Wildman–Crippen MR) is 122 cm³/mol. The molecule has 2 aromatic rings. The SMILES string of the molecule is CCCCCCCNCc1c(Br)ccc(OC)c1OCc1ccc(Cl)c(Cl)c1. The van der Waals surface area contributed by atoms with Gasteiger partial charge in [-0.05, 0) is 42.8 Å². The van der Waals surface area contributed by atoms with Gasteiger partial charge in [0.2, 0.25) is 0 Å². The van der Waals surface area contributed by atoms with E-state index < -0.39 is 0 Å². The van der Waals surface area contributed by atoms with E-state index >= 15 is 0 Å². The normalized spacial score (nSPS) is 10.9. The van der Waals surface area contributed by atoms with Crippen LogP contribution in [0.1, 0.15) is 50.2 Å². The molecule has 0 spiro atoms. The first-order valence-electron chi connectivity index (χ1n) is 9.69. The number of hydrogen-bond acceptors (Lipinski definition) is 3. The second-order valence-electron chi connectivity index (χ2n) is 6.69. The Balaban J connectivity index is 2.02. The molecular weight excluding hydrogens is 461 g/mol. The molecule has 3 nitrogen and oxygen atoms in total. The van der Waals surface area contributed by atoms with Crippen molar-refractivity contribution in [2.24, 2.45) is 0 Å². The Kier molecular flexibility index (Phi) is 10.5. The van der Waals surface area contributed by atoms with Crippen LogP contribution in [0.2, 0.25) is 10.0 Å². The number of methoxy groups -OCH3 is 1. The molecular formula is C22H28BrCl2NO2. The van der Waals surface area contributed by atoms with E-state index in [4.69, 9.17) is 32.7 Å². The van der Waals surface area contributed by atoms with Gasteiger partial charge in [-0.15, -0.1) is 0 Å². The molecule has 0 unspecified atom stereocenters. The molecule has 0 aliphatic rings. The number of halogens is 3. The smallest absolute Gasteiger partial charge is 0.167 e. The average Bonchev–Trinajstić information content (AvgIpc) is 2.69. The van der Waals surface area contributed by atoms with Gasteiger partial charge < -0.3 is 14.8 Å². The molecule has 0 atom stereocenters. The van der Waals surface area contributed by atoms with Crippen LogP contribution in [-0.4, -0.2) is 13.7 Å². The minimum absolute atomic E-state index is 0.383. The first-order valence-corrected chi connectivity index (χ1v) is 11.2. The highest BCUT2D eigenvalue weighted by Gasteiger charge is 2.15. The highest BCUT2D eigenvalue weighted by molar-refractivity contribution is 9.10. The molecule has 2 rings (SSSR count). The van der Waals surface area contributed by atoms with E-state index in [1.54, 1.807) is 13.2 Å². The number of unbranched alkanes of at least 4 members (excludes halogenated alkanes) is 4. The van der Waals surface area contributed by atoms with Gasteiger partial charge in [-0.25, -0.2) is 0 Å². The first kappa shape index (κ1) is 23.3. The molecule has 2 aromatic carbocycles. The summed E-state index contributed by atoms with van der Waals surface area (Å²) >= 11 is 15.8. The van der Waals surface area contributed by atoms with Crippen LogP contribution in [0.3, 0.4) is 0 Å². The third-order valence-corrected chi connectivity index (χ3v) is 6.00. The summed E-state index contributed by atoms with van der Waals surface area (Å²) < 4.78 is 12.7. The summed E-state index contributed by atoms with van der Waals surface area (Å²) in [6.45, 7) is 4.31. The maximum absolute atomic E-state index is 6.13. The maximum Gasteiger partial charge on any atom is 0.167 e. The zero-order valence-corrected chi connectivity index (χ0v) is 19.6. The number of benzene rings is 2. The van der Waals surface area contributed by atoms with Gasteiger partial charge >= 0.3 is 0 Å². The summed E-state index contributed by atoms with van der Waals surface area (Å²) in [5, 5.41) is 4.58. The van der Waals surface area contributed by atoms with Crippen LogP contribution in [0.15, 0.2) is 34.8 Å². The molecule has 6 heteroatoms. The van der Waals surface area contributed by atoms with Crippen LogP contribution in [0.5, 0.6) is 11.5 Å². The van der Waals surface area contributed by atoms with Crippen LogP contribution in [-0.2, 0) is 13.2 Å². The highest BCUT2D eigenvalue weighted by atomic mass is 79.9. The van der Waals surface area contributed by atoms with Crippen molar-refractivity contribution in [2.75, 3.05) is 13.7 Å². The number of rotatable bonds is 12. The molecule has 28 heavy (non-hydrogen) atoms. The van der Waals surface area contributed by atoms with E-state index in [0.717, 1.165) is 27.9 Å². The van der Waals surface area contributed by atoms with Gasteiger partial charge in [-0.1, -0.05) is 77.8 Å². The van der Waals surface area contributed by atoms with Gasteiger partial charge in [0.05, 0.1) is 17.2 Å². The second kappa shape index (κ2) is 12.6. The van der Waals surface area contributed by atoms with Crippen LogP contribution in [0.4, 0.5) is 0 Å². The molecule has 0 aromatic heterocycles. The Morgan fingerprint density at radius 3 is 2.50 bits per heavy atom. The summed E-state index contributed by atoms with van der Waals surface area (Å²) in [5.41, 5.74) is 2.00. The van der Waals surface area contributed by atoms with Crippen molar-refractivity contribution >= 4 is 39.1 Å². The van der Waals surface area contributed by atoms with Crippen molar-refractivity contribution in [3.05, 3.63) is 56.0 Å². The summed E-state index contributed by atoms with van der Waals surface area (Å²) in [5.74, 6) is 1.45. The largest absolute Gasteiger partial charge is 0.493 e. The molecule has 0 fully saturated rings. The standard InChI is InChI=1S/C22H28BrCl2NO2/c1-3-4-5-6-7-12-26-14-17-18(23)9-11-21(27-2)22(17)28-15-16-8-10-19(24)20(25)13-16/h8-11,13,26H,3-7,12,14-15H2,1-2H3. The highest BCUT2D eigenvalue weighted by Crippen LogP contribution is 2.37. The number of ether oxygens (including phenoxy) is 2. The molecule has 154 valence electrons. The van der Waals surface area contributed by atoms with Crippen molar-refractivity contribution < 1.29 is 9.47 Å². The Morgan fingerprint density at radius 1 is 1.00 bits per heavy atom. The molecule has 1 N–H and O–H groups in total. The Labute approximate surface area is 186 Å². The second-order valence-corrected chi connectivity index (χ2v) is 8.35. The molecule has 0 radical (unpaired) electrons. The Hall–Kier alpha value is -0.940. The Bertz CT molecular complexity index is 756. The molecule has 0 saturated heterocycles. The zero-order chi connectivity index (χ0) is 20.4. The van der Waals surface area contributed by atoms with Gasteiger partial charge in [0.25, 0.3) is 0 Å². The van der Waals surface area contributed by atoms with Crippen molar-refractivity contribution in [3.8, 4) is 11.5 Å². The van der Waals surface area contributed by atoms with Gasteiger partial charge in [0.15, 0.2) is 11.5 Å². The van der Waals surface area contributed by atoms with E-state index in [9.17, 15) is 0 Å². The van der Waals surface area contributed by atoms with E-state index in [0.29, 0.717) is 28.9 Å². The molecule has 0 saturated carbocycles. The number of hydrogen-bond donors (Lipinski definition) is 1. The molecule has 0 amide bonds. The van der Waals surface area contributed by atoms with Gasteiger partial charge in [-0.3, -0.25) is 0 Å². The fraction of sp³-hybridized carbons (Fsp3) is 0.455. The van der Waals surface area contributed by atoms with Crippen molar-refractivity contribution in [1.82, 2.24) is 5.32 Å². The zero-order valence-electron chi connectivity index (χ0n) is 16.5. The lowest BCUT2D eigenvalue weighted by Gasteiger charge is -2.17. The molecule has 0 heterocycles. The molecule has 0 aliphatic carbocycles. The summed E-state index contributed by atoms with van der Waals surface area (Å²) in [6, 6.07) is 9.41. The lowest BCUT2D eigenvalue weighted by molar-refractivity contribution is 0.280. The lowest BCUT2D eigenvalue weighted by Crippen LogP contribution is -2.16. The fourth-order valence-electron chi connectivity index (χ4n) is 2.92.